The zero-order valence-corrected chi connectivity index (χ0v) is 16.8. The third-order valence-electron chi connectivity index (χ3n) is 3.37. The van der Waals surface area contributed by atoms with Crippen molar-refractivity contribution in [3.63, 3.8) is 0 Å². The van der Waals surface area contributed by atoms with E-state index in [1.54, 1.807) is 36.4 Å². The Kier molecular flexibility index (Phi) is 5.60. The van der Waals surface area contributed by atoms with Gasteiger partial charge in [-0.25, -0.2) is 4.98 Å². The predicted octanol–water partition coefficient (Wildman–Crippen LogP) is 7.92. The summed E-state index contributed by atoms with van der Waals surface area (Å²) in [5.41, 5.74) is 8.46. The number of hydrogen-bond donors (Lipinski definition) is 1. The molecule has 0 amide bonds. The van der Waals surface area contributed by atoms with Crippen LogP contribution in [0.5, 0.6) is 0 Å². The Balaban J connectivity index is 2.25. The molecule has 0 bridgehead atoms. The number of anilines is 1. The second kappa shape index (κ2) is 7.40. The van der Waals surface area contributed by atoms with Crippen LogP contribution in [0.4, 0.5) is 5.69 Å². The number of aromatic nitrogens is 1. The molecule has 2 N–H and O–H groups in total. The van der Waals surface area contributed by atoms with E-state index in [-0.39, 0.29) is 0 Å². The van der Waals surface area contributed by atoms with Crippen LogP contribution in [-0.4, -0.2) is 4.98 Å². The lowest BCUT2D eigenvalue weighted by molar-refractivity contribution is 1.32. The van der Waals surface area contributed by atoms with Gasteiger partial charge in [-0.2, -0.15) is 0 Å². The highest BCUT2D eigenvalue weighted by molar-refractivity contribution is 6.42. The van der Waals surface area contributed by atoms with Crippen molar-refractivity contribution >= 4 is 75.3 Å². The molecule has 3 aromatic rings. The highest BCUT2D eigenvalue weighted by atomic mass is 35.5. The molecule has 1 heterocycles. The van der Waals surface area contributed by atoms with E-state index >= 15 is 0 Å². The number of nitrogen functional groups attached to an aromatic ring is 1. The fourth-order valence-electron chi connectivity index (χ4n) is 2.38. The summed E-state index contributed by atoms with van der Waals surface area (Å²) in [6.45, 7) is 0. The van der Waals surface area contributed by atoms with E-state index in [1.165, 1.54) is 0 Å². The largest absolute Gasteiger partial charge is 0.399 e. The summed E-state index contributed by atoms with van der Waals surface area (Å²) in [5, 5.41) is 2.27. The second-order valence-electron chi connectivity index (χ2n) is 5.16. The normalized spacial score (nSPS) is 11.0. The Morgan fingerprint density at radius 3 is 1.20 bits per heavy atom. The molecule has 0 aliphatic heterocycles. The van der Waals surface area contributed by atoms with Crippen LogP contribution in [0, 0.1) is 0 Å². The minimum absolute atomic E-state index is 0.356. The lowest BCUT2D eigenvalue weighted by Gasteiger charge is -2.12. The van der Waals surface area contributed by atoms with Crippen molar-refractivity contribution in [1.82, 2.24) is 4.98 Å². The molecule has 0 unspecified atom stereocenters. The van der Waals surface area contributed by atoms with Gasteiger partial charge in [0, 0.05) is 26.9 Å². The summed E-state index contributed by atoms with van der Waals surface area (Å²) in [4.78, 5) is 4.57. The zero-order valence-electron chi connectivity index (χ0n) is 12.3. The summed E-state index contributed by atoms with van der Waals surface area (Å²) in [5.74, 6) is 0. The van der Waals surface area contributed by atoms with Crippen LogP contribution in [0.3, 0.4) is 0 Å². The SMILES string of the molecule is Nc1cc(-c2c(Cl)cc(Cl)cc2Cl)nc(-c2c(Cl)cc(Cl)cc2Cl)c1. The molecule has 0 spiro atoms. The van der Waals surface area contributed by atoms with E-state index in [2.05, 4.69) is 4.98 Å². The topological polar surface area (TPSA) is 38.9 Å². The van der Waals surface area contributed by atoms with Gasteiger partial charge in [-0.05, 0) is 36.4 Å². The fourth-order valence-corrected chi connectivity index (χ4v) is 4.40. The molecule has 0 saturated carbocycles. The molecule has 2 nitrogen and oxygen atoms in total. The molecule has 0 atom stereocenters. The van der Waals surface area contributed by atoms with Gasteiger partial charge in [0.15, 0.2) is 0 Å². The summed E-state index contributed by atoms with van der Waals surface area (Å²) in [6.07, 6.45) is 0. The molecule has 0 fully saturated rings. The first-order chi connectivity index (χ1) is 11.8. The highest BCUT2D eigenvalue weighted by Crippen LogP contribution is 2.41. The Hall–Kier alpha value is -0.870. The molecule has 0 saturated heterocycles. The molecule has 8 heteroatoms. The smallest absolute Gasteiger partial charge is 0.0760 e. The number of rotatable bonds is 2. The van der Waals surface area contributed by atoms with E-state index in [0.29, 0.717) is 58.3 Å². The molecular weight excluding hydrogens is 445 g/mol. The van der Waals surface area contributed by atoms with Gasteiger partial charge in [-0.3, -0.25) is 0 Å². The van der Waals surface area contributed by atoms with Crippen molar-refractivity contribution in [2.24, 2.45) is 0 Å². The van der Waals surface area contributed by atoms with Crippen LogP contribution < -0.4 is 5.73 Å². The molecule has 128 valence electrons. The highest BCUT2D eigenvalue weighted by Gasteiger charge is 2.17. The summed E-state index contributed by atoms with van der Waals surface area (Å²) in [7, 11) is 0. The van der Waals surface area contributed by atoms with Crippen molar-refractivity contribution in [3.8, 4) is 22.5 Å². The standard InChI is InChI=1S/C17H8Cl6N2/c18-7-1-10(20)16(11(21)2-7)14-5-9(24)6-15(25-14)17-12(22)3-8(19)4-13(17)23/h1-6H,(H2,24,25). The predicted molar refractivity (Wildman–Crippen MR) is 110 cm³/mol. The van der Waals surface area contributed by atoms with Crippen LogP contribution in [0.1, 0.15) is 0 Å². The van der Waals surface area contributed by atoms with Gasteiger partial charge in [0.1, 0.15) is 0 Å². The van der Waals surface area contributed by atoms with Gasteiger partial charge in [0.2, 0.25) is 0 Å². The first kappa shape index (κ1) is 18.9. The van der Waals surface area contributed by atoms with Crippen LogP contribution >= 0.6 is 69.6 Å². The first-order valence-corrected chi connectivity index (χ1v) is 9.10. The van der Waals surface area contributed by atoms with Gasteiger partial charge in [-0.15, -0.1) is 0 Å². The maximum atomic E-state index is 6.28. The average Bonchev–Trinajstić information content (AvgIpc) is 2.44. The summed E-state index contributed by atoms with van der Waals surface area (Å²) in [6, 6.07) is 9.63. The molecular formula is C17H8Cl6N2. The lowest BCUT2D eigenvalue weighted by Crippen LogP contribution is -1.95. The average molecular weight is 453 g/mol. The molecule has 2 aromatic carbocycles. The number of pyridine rings is 1. The third kappa shape index (κ3) is 3.95. The quantitative estimate of drug-likeness (QED) is 0.428. The molecule has 1 aromatic heterocycles. The van der Waals surface area contributed by atoms with E-state index in [0.717, 1.165) is 0 Å². The number of nitrogens with zero attached hydrogens (tertiary/aromatic N) is 1. The van der Waals surface area contributed by atoms with E-state index in [4.69, 9.17) is 75.3 Å². The third-order valence-corrected chi connectivity index (χ3v) is 5.00. The van der Waals surface area contributed by atoms with E-state index < -0.39 is 0 Å². The van der Waals surface area contributed by atoms with Gasteiger partial charge in [0.25, 0.3) is 0 Å². The zero-order chi connectivity index (χ0) is 18.3. The van der Waals surface area contributed by atoms with Gasteiger partial charge < -0.3 is 5.73 Å². The number of benzene rings is 2. The van der Waals surface area contributed by atoms with E-state index in [9.17, 15) is 0 Å². The number of halogens is 6. The van der Waals surface area contributed by atoms with Crippen LogP contribution in [0.25, 0.3) is 22.5 Å². The Bertz CT molecular complexity index is 865. The Morgan fingerprint density at radius 2 is 0.880 bits per heavy atom. The van der Waals surface area contributed by atoms with Crippen molar-refractivity contribution in [2.75, 3.05) is 5.73 Å². The van der Waals surface area contributed by atoms with Gasteiger partial charge in [0.05, 0.1) is 31.5 Å². The Morgan fingerprint density at radius 1 is 0.560 bits per heavy atom. The minimum Gasteiger partial charge on any atom is -0.399 e. The fraction of sp³-hybridized carbons (Fsp3) is 0. The van der Waals surface area contributed by atoms with Gasteiger partial charge >= 0.3 is 0 Å². The first-order valence-electron chi connectivity index (χ1n) is 6.83. The van der Waals surface area contributed by atoms with Crippen LogP contribution in [0.2, 0.25) is 30.1 Å². The summed E-state index contributed by atoms with van der Waals surface area (Å²) >= 11 is 37.1. The summed E-state index contributed by atoms with van der Waals surface area (Å²) < 4.78 is 0. The van der Waals surface area contributed by atoms with Crippen molar-refractivity contribution in [2.45, 2.75) is 0 Å². The van der Waals surface area contributed by atoms with Crippen LogP contribution in [0.15, 0.2) is 36.4 Å². The molecule has 0 radical (unpaired) electrons. The van der Waals surface area contributed by atoms with Gasteiger partial charge in [-0.1, -0.05) is 69.6 Å². The molecule has 0 aliphatic rings. The maximum Gasteiger partial charge on any atom is 0.0760 e. The molecule has 25 heavy (non-hydrogen) atoms. The molecule has 0 aliphatic carbocycles. The maximum absolute atomic E-state index is 6.28. The minimum atomic E-state index is 0.356. The van der Waals surface area contributed by atoms with Crippen LogP contribution in [-0.2, 0) is 0 Å². The second-order valence-corrected chi connectivity index (χ2v) is 7.66. The van der Waals surface area contributed by atoms with E-state index in [1.807, 2.05) is 0 Å². The van der Waals surface area contributed by atoms with Crippen molar-refractivity contribution in [3.05, 3.63) is 66.5 Å². The lowest BCUT2D eigenvalue weighted by atomic mass is 10.1. The molecule has 3 rings (SSSR count). The monoisotopic (exact) mass is 450 g/mol. The van der Waals surface area contributed by atoms with Crippen molar-refractivity contribution < 1.29 is 0 Å². The Labute approximate surface area is 174 Å². The number of nitrogens with two attached hydrogens (primary N) is 1. The number of hydrogen-bond acceptors (Lipinski definition) is 2. The van der Waals surface area contributed by atoms with Crippen molar-refractivity contribution in [1.29, 1.82) is 0 Å².